The van der Waals surface area contributed by atoms with E-state index in [0.717, 1.165) is 32.1 Å². The van der Waals surface area contributed by atoms with E-state index in [1.807, 2.05) is 10.8 Å². The Labute approximate surface area is 117 Å². The average molecular weight is 283 g/mol. The molecule has 1 amide bonds. The number of hydrogen-bond acceptors (Lipinski definition) is 2. The number of rotatable bonds is 4. The van der Waals surface area contributed by atoms with Crippen molar-refractivity contribution in [3.63, 3.8) is 0 Å². The van der Waals surface area contributed by atoms with E-state index in [9.17, 15) is 9.90 Å². The van der Waals surface area contributed by atoms with Crippen molar-refractivity contribution in [1.29, 1.82) is 0 Å². The van der Waals surface area contributed by atoms with Gasteiger partial charge in [-0.05, 0) is 44.1 Å². The molecule has 2 saturated carbocycles. The molecule has 0 bridgehead atoms. The van der Waals surface area contributed by atoms with Crippen LogP contribution in [0, 0.1) is 5.92 Å². The summed E-state index contributed by atoms with van der Waals surface area (Å²) in [4.78, 5) is 12.2. The Bertz CT molecular complexity index is 482. The number of amides is 1. The van der Waals surface area contributed by atoms with Crippen LogP contribution in [0.4, 0.5) is 0 Å². The predicted octanol–water partition coefficient (Wildman–Crippen LogP) is 2.37. The van der Waals surface area contributed by atoms with Gasteiger partial charge in [0.2, 0.25) is 0 Å². The normalized spacial score (nSPS) is 26.6. The molecule has 2 aliphatic rings. The Morgan fingerprint density at radius 3 is 2.84 bits per heavy atom. The summed E-state index contributed by atoms with van der Waals surface area (Å²) in [5.41, 5.74) is 0.658. The number of aliphatic hydroxyl groups is 1. The molecule has 1 aromatic heterocycles. The average Bonchev–Trinajstić information content (AvgIpc) is 3.03. The number of halogens is 1. The Kier molecular flexibility index (Phi) is 3.54. The van der Waals surface area contributed by atoms with Crippen LogP contribution in [-0.2, 0) is 0 Å². The topological polar surface area (TPSA) is 54.3 Å². The zero-order valence-electron chi connectivity index (χ0n) is 10.8. The van der Waals surface area contributed by atoms with Crippen molar-refractivity contribution in [1.82, 2.24) is 9.88 Å². The van der Waals surface area contributed by atoms with Gasteiger partial charge < -0.3 is 15.0 Å². The Morgan fingerprint density at radius 2 is 2.21 bits per heavy atom. The van der Waals surface area contributed by atoms with Crippen LogP contribution < -0.4 is 5.32 Å². The van der Waals surface area contributed by atoms with Crippen LogP contribution in [0.2, 0.25) is 5.02 Å². The number of aliphatic hydroxyl groups excluding tert-OH is 1. The maximum atomic E-state index is 12.2. The zero-order valence-corrected chi connectivity index (χ0v) is 11.6. The van der Waals surface area contributed by atoms with Gasteiger partial charge in [-0.25, -0.2) is 0 Å². The molecule has 5 heteroatoms. The third-order valence-electron chi connectivity index (χ3n) is 4.05. The number of nitrogens with one attached hydrogen (secondary N) is 1. The lowest BCUT2D eigenvalue weighted by molar-refractivity contribution is 0.0935. The molecule has 0 aromatic carbocycles. The van der Waals surface area contributed by atoms with Crippen LogP contribution in [0.1, 0.15) is 48.6 Å². The summed E-state index contributed by atoms with van der Waals surface area (Å²) in [7, 11) is 0. The van der Waals surface area contributed by atoms with Gasteiger partial charge in [0.25, 0.3) is 5.91 Å². The molecule has 2 N–H and O–H groups in total. The van der Waals surface area contributed by atoms with Crippen LogP contribution in [0.5, 0.6) is 0 Å². The first-order chi connectivity index (χ1) is 9.13. The number of nitrogens with zero attached hydrogens (tertiary/aromatic N) is 1. The van der Waals surface area contributed by atoms with E-state index >= 15 is 0 Å². The maximum absolute atomic E-state index is 12.2. The molecule has 0 saturated heterocycles. The van der Waals surface area contributed by atoms with E-state index in [1.165, 1.54) is 0 Å². The molecule has 1 aromatic rings. The molecule has 19 heavy (non-hydrogen) atoms. The van der Waals surface area contributed by atoms with E-state index in [1.54, 1.807) is 6.07 Å². The Balaban J connectivity index is 1.60. The highest BCUT2D eigenvalue weighted by Gasteiger charge is 2.28. The fourth-order valence-electron chi connectivity index (χ4n) is 2.84. The number of carbonyl (C=O) groups is 1. The highest BCUT2D eigenvalue weighted by atomic mass is 35.5. The van der Waals surface area contributed by atoms with Crippen molar-refractivity contribution in [2.24, 2.45) is 5.92 Å². The lowest BCUT2D eigenvalue weighted by Gasteiger charge is -2.12. The molecule has 2 unspecified atom stereocenters. The minimum Gasteiger partial charge on any atom is -0.393 e. The van der Waals surface area contributed by atoms with Crippen LogP contribution in [0.3, 0.4) is 0 Å². The first-order valence-corrected chi connectivity index (χ1v) is 7.35. The second-order valence-corrected chi connectivity index (χ2v) is 6.16. The molecule has 104 valence electrons. The summed E-state index contributed by atoms with van der Waals surface area (Å²) >= 11 is 5.99. The van der Waals surface area contributed by atoms with Crippen LogP contribution in [-0.4, -0.2) is 28.2 Å². The van der Waals surface area contributed by atoms with Crippen molar-refractivity contribution in [2.45, 2.75) is 44.2 Å². The summed E-state index contributed by atoms with van der Waals surface area (Å²) in [5, 5.41) is 13.1. The van der Waals surface area contributed by atoms with E-state index in [-0.39, 0.29) is 12.0 Å². The van der Waals surface area contributed by atoms with Gasteiger partial charge in [0.1, 0.15) is 5.69 Å². The summed E-state index contributed by atoms with van der Waals surface area (Å²) in [6.07, 6.45) is 6.54. The molecule has 4 nitrogen and oxygen atoms in total. The summed E-state index contributed by atoms with van der Waals surface area (Å²) < 4.78 is 1.99. The minimum absolute atomic E-state index is 0.0554. The van der Waals surface area contributed by atoms with Gasteiger partial charge in [-0.15, -0.1) is 0 Å². The van der Waals surface area contributed by atoms with Crippen molar-refractivity contribution in [2.75, 3.05) is 6.54 Å². The van der Waals surface area contributed by atoms with Gasteiger partial charge in [0.15, 0.2) is 0 Å². The fraction of sp³-hybridized carbons (Fsp3) is 0.643. The number of hydrogen-bond donors (Lipinski definition) is 2. The lowest BCUT2D eigenvalue weighted by atomic mass is 10.1. The first-order valence-electron chi connectivity index (χ1n) is 6.97. The zero-order chi connectivity index (χ0) is 13.4. The Morgan fingerprint density at radius 1 is 1.42 bits per heavy atom. The SMILES string of the molecule is O=C(NCC1CCC(O)C1)c1cc(Cl)cn1C1CC1. The van der Waals surface area contributed by atoms with E-state index in [2.05, 4.69) is 5.32 Å². The van der Waals surface area contributed by atoms with Crippen molar-refractivity contribution < 1.29 is 9.90 Å². The monoisotopic (exact) mass is 282 g/mol. The third-order valence-corrected chi connectivity index (χ3v) is 4.26. The van der Waals surface area contributed by atoms with Gasteiger partial charge in [-0.1, -0.05) is 11.6 Å². The second-order valence-electron chi connectivity index (χ2n) is 5.72. The van der Waals surface area contributed by atoms with Crippen LogP contribution >= 0.6 is 11.6 Å². The van der Waals surface area contributed by atoms with Gasteiger partial charge in [-0.2, -0.15) is 0 Å². The largest absolute Gasteiger partial charge is 0.393 e. The molecular formula is C14H19ClN2O2. The van der Waals surface area contributed by atoms with Crippen molar-refractivity contribution in [3.05, 3.63) is 23.0 Å². The third kappa shape index (κ3) is 2.95. The van der Waals surface area contributed by atoms with Crippen molar-refractivity contribution >= 4 is 17.5 Å². The highest BCUT2D eigenvalue weighted by molar-refractivity contribution is 6.31. The summed E-state index contributed by atoms with van der Waals surface area (Å²) in [5.74, 6) is 0.346. The molecular weight excluding hydrogens is 264 g/mol. The van der Waals surface area contributed by atoms with Gasteiger partial charge in [0, 0.05) is 18.8 Å². The molecule has 2 atom stereocenters. The van der Waals surface area contributed by atoms with E-state index in [4.69, 9.17) is 11.6 Å². The second kappa shape index (κ2) is 5.17. The van der Waals surface area contributed by atoms with E-state index in [0.29, 0.717) is 29.2 Å². The number of carbonyl (C=O) groups excluding carboxylic acids is 1. The van der Waals surface area contributed by atoms with Gasteiger partial charge in [-0.3, -0.25) is 4.79 Å². The summed E-state index contributed by atoms with van der Waals surface area (Å²) in [6, 6.07) is 2.18. The molecule has 3 rings (SSSR count). The van der Waals surface area contributed by atoms with Gasteiger partial charge >= 0.3 is 0 Å². The van der Waals surface area contributed by atoms with E-state index < -0.39 is 0 Å². The molecule has 1 heterocycles. The van der Waals surface area contributed by atoms with Crippen LogP contribution in [0.15, 0.2) is 12.3 Å². The molecule has 0 radical (unpaired) electrons. The lowest BCUT2D eigenvalue weighted by Crippen LogP contribution is -2.30. The minimum atomic E-state index is -0.188. The Hall–Kier alpha value is -1.00. The quantitative estimate of drug-likeness (QED) is 0.891. The molecule has 0 spiro atoms. The first kappa shape index (κ1) is 13.0. The smallest absolute Gasteiger partial charge is 0.267 e. The van der Waals surface area contributed by atoms with Crippen LogP contribution in [0.25, 0.3) is 0 Å². The standard InChI is InChI=1S/C14H19ClN2O2/c15-10-6-13(17(8-10)11-2-3-11)14(19)16-7-9-1-4-12(18)5-9/h6,8-9,11-12,18H,1-5,7H2,(H,16,19). The summed E-state index contributed by atoms with van der Waals surface area (Å²) in [6.45, 7) is 0.642. The van der Waals surface area contributed by atoms with Gasteiger partial charge in [0.05, 0.1) is 11.1 Å². The fourth-order valence-corrected chi connectivity index (χ4v) is 3.05. The number of aromatic nitrogens is 1. The maximum Gasteiger partial charge on any atom is 0.267 e. The van der Waals surface area contributed by atoms with Crippen molar-refractivity contribution in [3.8, 4) is 0 Å². The molecule has 2 aliphatic carbocycles. The highest BCUT2D eigenvalue weighted by Crippen LogP contribution is 2.37. The molecule has 2 fully saturated rings. The predicted molar refractivity (Wildman–Crippen MR) is 73.4 cm³/mol. The molecule has 0 aliphatic heterocycles.